The summed E-state index contributed by atoms with van der Waals surface area (Å²) >= 11 is 0. The molecule has 2 aromatic rings. The summed E-state index contributed by atoms with van der Waals surface area (Å²) in [5.74, 6) is 0.591. The van der Waals surface area contributed by atoms with E-state index >= 15 is 0 Å². The normalized spacial score (nSPS) is 15.1. The second kappa shape index (κ2) is 7.32. The van der Waals surface area contributed by atoms with Gasteiger partial charge in [0.1, 0.15) is 6.61 Å². The maximum atomic E-state index is 12.4. The third kappa shape index (κ3) is 4.22. The molecular formula is C19H19NO6S. The zero-order valence-electron chi connectivity index (χ0n) is 15.1. The van der Waals surface area contributed by atoms with Gasteiger partial charge in [-0.15, -0.1) is 0 Å². The Morgan fingerprint density at radius 3 is 2.48 bits per heavy atom. The molecule has 27 heavy (non-hydrogen) atoms. The molecule has 7 nitrogen and oxygen atoms in total. The van der Waals surface area contributed by atoms with Crippen molar-refractivity contribution in [2.75, 3.05) is 25.2 Å². The van der Waals surface area contributed by atoms with Crippen LogP contribution in [0.1, 0.15) is 16.7 Å². The summed E-state index contributed by atoms with van der Waals surface area (Å²) in [6.45, 7) is 0.140. The van der Waals surface area contributed by atoms with Crippen molar-refractivity contribution in [2.45, 2.75) is 6.61 Å². The average Bonchev–Trinajstić information content (AvgIpc) is 2.62. The molecule has 0 unspecified atom stereocenters. The number of ether oxygens (including phenoxy) is 3. The van der Waals surface area contributed by atoms with E-state index in [1.807, 2.05) is 0 Å². The summed E-state index contributed by atoms with van der Waals surface area (Å²) in [7, 11) is -0.335. The second-order valence-electron chi connectivity index (χ2n) is 6.00. The summed E-state index contributed by atoms with van der Waals surface area (Å²) in [4.78, 5) is 12.4. The molecule has 142 valence electrons. The molecule has 2 aromatic carbocycles. The van der Waals surface area contributed by atoms with Gasteiger partial charge in [-0.05, 0) is 41.5 Å². The minimum atomic E-state index is -3.40. The van der Waals surface area contributed by atoms with E-state index in [1.54, 1.807) is 42.5 Å². The fourth-order valence-corrected chi connectivity index (χ4v) is 3.39. The lowest BCUT2D eigenvalue weighted by molar-refractivity contribution is -0.138. The van der Waals surface area contributed by atoms with E-state index in [0.717, 1.165) is 11.8 Å². The first-order chi connectivity index (χ1) is 12.8. The second-order valence-corrected chi connectivity index (χ2v) is 7.75. The fraction of sp³-hybridized carbons (Fsp3) is 0.211. The highest BCUT2D eigenvalue weighted by atomic mass is 32.2. The first-order valence-corrected chi connectivity index (χ1v) is 9.92. The Hall–Kier alpha value is -3.00. The number of rotatable bonds is 5. The van der Waals surface area contributed by atoms with Gasteiger partial charge in [-0.3, -0.25) is 4.72 Å². The van der Waals surface area contributed by atoms with E-state index in [4.69, 9.17) is 14.2 Å². The van der Waals surface area contributed by atoms with Crippen molar-refractivity contribution in [3.63, 3.8) is 0 Å². The van der Waals surface area contributed by atoms with Crippen LogP contribution in [-0.2, 0) is 26.2 Å². The van der Waals surface area contributed by atoms with Crippen LogP contribution in [0.25, 0.3) is 11.6 Å². The zero-order chi connectivity index (χ0) is 19.6. The van der Waals surface area contributed by atoms with Gasteiger partial charge in [-0.1, -0.05) is 12.1 Å². The molecule has 0 fully saturated rings. The lowest BCUT2D eigenvalue weighted by Gasteiger charge is -2.21. The van der Waals surface area contributed by atoms with Crippen LogP contribution >= 0.6 is 0 Å². The van der Waals surface area contributed by atoms with E-state index < -0.39 is 16.0 Å². The van der Waals surface area contributed by atoms with Crippen LogP contribution < -0.4 is 14.2 Å². The molecule has 0 atom stereocenters. The van der Waals surface area contributed by atoms with Gasteiger partial charge in [-0.25, -0.2) is 13.2 Å². The quantitative estimate of drug-likeness (QED) is 0.625. The van der Waals surface area contributed by atoms with E-state index in [0.29, 0.717) is 33.9 Å². The summed E-state index contributed by atoms with van der Waals surface area (Å²) < 4.78 is 41.1. The van der Waals surface area contributed by atoms with Crippen LogP contribution in [0.3, 0.4) is 0 Å². The van der Waals surface area contributed by atoms with Crippen molar-refractivity contribution in [1.82, 2.24) is 0 Å². The van der Waals surface area contributed by atoms with E-state index in [1.165, 1.54) is 14.2 Å². The maximum Gasteiger partial charge on any atom is 0.339 e. The van der Waals surface area contributed by atoms with E-state index in [-0.39, 0.29) is 6.61 Å². The SMILES string of the molecule is COc1cc2c(cc1OC)/C(=C/c1cccc(NS(C)(=O)=O)c1)C(=O)OC2. The molecule has 0 aliphatic carbocycles. The minimum absolute atomic E-state index is 0.140. The Labute approximate surface area is 157 Å². The van der Waals surface area contributed by atoms with Gasteiger partial charge in [0, 0.05) is 11.3 Å². The Morgan fingerprint density at radius 1 is 1.11 bits per heavy atom. The van der Waals surface area contributed by atoms with Gasteiger partial charge in [0.15, 0.2) is 11.5 Å². The average molecular weight is 389 g/mol. The number of anilines is 1. The highest BCUT2D eigenvalue weighted by Crippen LogP contribution is 2.37. The van der Waals surface area contributed by atoms with Crippen molar-refractivity contribution < 1.29 is 27.4 Å². The maximum absolute atomic E-state index is 12.4. The number of esters is 1. The minimum Gasteiger partial charge on any atom is -0.493 e. The van der Waals surface area contributed by atoms with Gasteiger partial charge in [0.25, 0.3) is 0 Å². The van der Waals surface area contributed by atoms with Gasteiger partial charge in [-0.2, -0.15) is 0 Å². The number of methoxy groups -OCH3 is 2. The molecule has 8 heteroatoms. The molecule has 0 saturated carbocycles. The molecule has 1 aliphatic heterocycles. The molecule has 0 radical (unpaired) electrons. The lowest BCUT2D eigenvalue weighted by Crippen LogP contribution is -2.16. The van der Waals surface area contributed by atoms with Gasteiger partial charge in [0.2, 0.25) is 10.0 Å². The number of hydrogen-bond donors (Lipinski definition) is 1. The van der Waals surface area contributed by atoms with Crippen LogP contribution in [-0.4, -0.2) is 34.9 Å². The monoisotopic (exact) mass is 389 g/mol. The Balaban J connectivity index is 2.07. The Kier molecular flexibility index (Phi) is 5.09. The number of sulfonamides is 1. The van der Waals surface area contributed by atoms with Crippen LogP contribution in [0.15, 0.2) is 36.4 Å². The molecule has 1 heterocycles. The van der Waals surface area contributed by atoms with Crippen LogP contribution in [0.5, 0.6) is 11.5 Å². The summed E-state index contributed by atoms with van der Waals surface area (Å²) in [5, 5.41) is 0. The number of nitrogens with one attached hydrogen (secondary N) is 1. The van der Waals surface area contributed by atoms with Crippen molar-refractivity contribution >= 4 is 33.3 Å². The highest BCUT2D eigenvalue weighted by molar-refractivity contribution is 7.92. The Bertz CT molecular complexity index is 1030. The smallest absolute Gasteiger partial charge is 0.339 e. The predicted octanol–water partition coefficient (Wildman–Crippen LogP) is 2.67. The molecule has 0 saturated heterocycles. The molecule has 0 amide bonds. The number of hydrogen-bond acceptors (Lipinski definition) is 6. The molecule has 0 aromatic heterocycles. The third-order valence-corrected chi connectivity index (χ3v) is 4.59. The molecule has 1 N–H and O–H groups in total. The largest absolute Gasteiger partial charge is 0.493 e. The van der Waals surface area contributed by atoms with Crippen LogP contribution in [0, 0.1) is 0 Å². The summed E-state index contributed by atoms with van der Waals surface area (Å²) in [6.07, 6.45) is 2.73. The van der Waals surface area contributed by atoms with Gasteiger partial charge >= 0.3 is 5.97 Å². The zero-order valence-corrected chi connectivity index (χ0v) is 15.9. The summed E-state index contributed by atoms with van der Waals surface area (Å²) in [6, 6.07) is 10.2. The predicted molar refractivity (Wildman–Crippen MR) is 102 cm³/mol. The molecule has 3 rings (SSSR count). The first-order valence-electron chi connectivity index (χ1n) is 8.02. The molecule has 1 aliphatic rings. The molecular weight excluding hydrogens is 370 g/mol. The number of fused-ring (bicyclic) bond motifs is 1. The number of benzene rings is 2. The van der Waals surface area contributed by atoms with Crippen molar-refractivity contribution in [3.8, 4) is 11.5 Å². The topological polar surface area (TPSA) is 90.9 Å². The van der Waals surface area contributed by atoms with Crippen molar-refractivity contribution in [3.05, 3.63) is 53.1 Å². The highest BCUT2D eigenvalue weighted by Gasteiger charge is 2.25. The third-order valence-electron chi connectivity index (χ3n) is 3.98. The Morgan fingerprint density at radius 2 is 1.81 bits per heavy atom. The van der Waals surface area contributed by atoms with Gasteiger partial charge in [0.05, 0.1) is 26.0 Å². The number of carbonyl (C=O) groups excluding carboxylic acids is 1. The lowest BCUT2D eigenvalue weighted by atomic mass is 9.95. The molecule has 0 bridgehead atoms. The summed E-state index contributed by atoms with van der Waals surface area (Å²) in [5.41, 5.74) is 2.89. The number of cyclic esters (lactones) is 1. The van der Waals surface area contributed by atoms with E-state index in [2.05, 4.69) is 4.72 Å². The van der Waals surface area contributed by atoms with E-state index in [9.17, 15) is 13.2 Å². The van der Waals surface area contributed by atoms with Gasteiger partial charge < -0.3 is 14.2 Å². The van der Waals surface area contributed by atoms with Crippen molar-refractivity contribution in [1.29, 1.82) is 0 Å². The number of carbonyl (C=O) groups is 1. The fourth-order valence-electron chi connectivity index (χ4n) is 2.83. The standard InChI is InChI=1S/C19H19NO6S/c1-24-17-9-13-11-26-19(21)16(15(13)10-18(17)25-2)8-12-5-4-6-14(7-12)20-27(3,22)23/h4-10,20H,11H2,1-3H3/b16-8-. The first kappa shape index (κ1) is 18.8. The van der Waals surface area contributed by atoms with Crippen molar-refractivity contribution in [2.24, 2.45) is 0 Å². The molecule has 0 spiro atoms. The van der Waals surface area contributed by atoms with Crippen LogP contribution in [0.4, 0.5) is 5.69 Å². The van der Waals surface area contributed by atoms with Crippen LogP contribution in [0.2, 0.25) is 0 Å².